The second kappa shape index (κ2) is 8.49. The number of urea groups is 1. The number of morpholine rings is 1. The Morgan fingerprint density at radius 2 is 1.93 bits per heavy atom. The zero-order chi connectivity index (χ0) is 19.5. The van der Waals surface area contributed by atoms with Gasteiger partial charge in [-0.2, -0.15) is 0 Å². The summed E-state index contributed by atoms with van der Waals surface area (Å²) in [6, 6.07) is 8.47. The molecule has 7 heteroatoms. The van der Waals surface area contributed by atoms with Crippen LogP contribution < -0.4 is 5.32 Å². The minimum atomic E-state index is 0.0595. The summed E-state index contributed by atoms with van der Waals surface area (Å²) in [5.41, 5.74) is 2.23. The van der Waals surface area contributed by atoms with E-state index in [9.17, 15) is 4.79 Å². The lowest BCUT2D eigenvalue weighted by Crippen LogP contribution is -2.51. The van der Waals surface area contributed by atoms with Crippen LogP contribution in [-0.2, 0) is 11.8 Å². The number of piperidine rings is 1. The first kappa shape index (κ1) is 19.2. The van der Waals surface area contributed by atoms with Crippen LogP contribution >= 0.6 is 0 Å². The molecule has 1 aromatic carbocycles. The first-order chi connectivity index (χ1) is 13.6. The fourth-order valence-corrected chi connectivity index (χ4v) is 4.39. The SMILES string of the molecule is C[C@H](CN1CCOCC1)NC(=O)N1CCC(c2nc3ccccc3n2C)CC1. The van der Waals surface area contributed by atoms with E-state index in [1.807, 2.05) is 11.0 Å². The third-order valence-electron chi connectivity index (χ3n) is 5.97. The molecule has 2 aromatic rings. The van der Waals surface area contributed by atoms with Crippen molar-refractivity contribution < 1.29 is 9.53 Å². The van der Waals surface area contributed by atoms with Gasteiger partial charge in [-0.3, -0.25) is 4.90 Å². The first-order valence-electron chi connectivity index (χ1n) is 10.4. The second-order valence-electron chi connectivity index (χ2n) is 8.04. The molecule has 2 amide bonds. The normalized spacial score (nSPS) is 20.4. The lowest BCUT2D eigenvalue weighted by molar-refractivity contribution is 0.0346. The van der Waals surface area contributed by atoms with E-state index in [1.165, 1.54) is 5.52 Å². The molecule has 1 N–H and O–H groups in total. The van der Waals surface area contributed by atoms with Crippen LogP contribution in [0.25, 0.3) is 11.0 Å². The molecule has 1 atom stereocenters. The lowest BCUT2D eigenvalue weighted by atomic mass is 9.96. The standard InChI is InChI=1S/C21H31N5O2/c1-16(15-25-11-13-28-14-12-25)22-21(27)26-9-7-17(8-10-26)20-23-18-5-3-4-6-19(18)24(20)2/h3-6,16-17H,7-15H2,1-2H3,(H,22,27)/t16-/m1/s1. The number of hydrogen-bond donors (Lipinski definition) is 1. The van der Waals surface area contributed by atoms with E-state index in [-0.39, 0.29) is 12.1 Å². The van der Waals surface area contributed by atoms with E-state index in [4.69, 9.17) is 9.72 Å². The third kappa shape index (κ3) is 4.15. The van der Waals surface area contributed by atoms with Crippen LogP contribution in [0.5, 0.6) is 0 Å². The molecule has 2 aliphatic heterocycles. The highest BCUT2D eigenvalue weighted by Gasteiger charge is 2.27. The van der Waals surface area contributed by atoms with E-state index >= 15 is 0 Å². The highest BCUT2D eigenvalue weighted by molar-refractivity contribution is 5.76. The van der Waals surface area contributed by atoms with Crippen LogP contribution in [0.4, 0.5) is 4.79 Å². The Morgan fingerprint density at radius 1 is 1.21 bits per heavy atom. The van der Waals surface area contributed by atoms with Crippen LogP contribution in [0.15, 0.2) is 24.3 Å². The summed E-state index contributed by atoms with van der Waals surface area (Å²) in [5.74, 6) is 1.55. The molecule has 2 saturated heterocycles. The summed E-state index contributed by atoms with van der Waals surface area (Å²) < 4.78 is 7.60. The summed E-state index contributed by atoms with van der Waals surface area (Å²) >= 11 is 0. The van der Waals surface area contributed by atoms with Crippen LogP contribution in [0, 0.1) is 0 Å². The Labute approximate surface area is 166 Å². The van der Waals surface area contributed by atoms with Crippen molar-refractivity contribution >= 4 is 17.1 Å². The van der Waals surface area contributed by atoms with Crippen molar-refractivity contribution in [3.05, 3.63) is 30.1 Å². The van der Waals surface area contributed by atoms with Gasteiger partial charge in [-0.05, 0) is 31.9 Å². The zero-order valence-corrected chi connectivity index (χ0v) is 16.9. The van der Waals surface area contributed by atoms with Crippen molar-refractivity contribution in [1.82, 2.24) is 24.7 Å². The molecule has 0 aliphatic carbocycles. The average Bonchev–Trinajstić information content (AvgIpc) is 3.05. The van der Waals surface area contributed by atoms with E-state index in [0.717, 1.165) is 70.1 Å². The number of benzene rings is 1. The highest BCUT2D eigenvalue weighted by atomic mass is 16.5. The molecule has 4 rings (SSSR count). The first-order valence-corrected chi connectivity index (χ1v) is 10.4. The van der Waals surface area contributed by atoms with Gasteiger partial charge in [0.1, 0.15) is 5.82 Å². The van der Waals surface area contributed by atoms with Crippen molar-refractivity contribution in [1.29, 1.82) is 0 Å². The van der Waals surface area contributed by atoms with Crippen LogP contribution in [0.1, 0.15) is 31.5 Å². The number of fused-ring (bicyclic) bond motifs is 1. The van der Waals surface area contributed by atoms with Gasteiger partial charge in [0.05, 0.1) is 24.2 Å². The predicted octanol–water partition coefficient (Wildman–Crippen LogP) is 2.18. The lowest BCUT2D eigenvalue weighted by Gasteiger charge is -2.34. The van der Waals surface area contributed by atoms with Crippen molar-refractivity contribution in [2.75, 3.05) is 45.9 Å². The zero-order valence-electron chi connectivity index (χ0n) is 16.9. The van der Waals surface area contributed by atoms with Gasteiger partial charge in [0.25, 0.3) is 0 Å². The Morgan fingerprint density at radius 3 is 2.64 bits per heavy atom. The fraction of sp³-hybridized carbons (Fsp3) is 0.619. The number of aryl methyl sites for hydroxylation is 1. The van der Waals surface area contributed by atoms with Gasteiger partial charge >= 0.3 is 6.03 Å². The maximum absolute atomic E-state index is 12.7. The van der Waals surface area contributed by atoms with Gasteiger partial charge in [-0.15, -0.1) is 0 Å². The Bertz CT molecular complexity index is 806. The van der Waals surface area contributed by atoms with Gasteiger partial charge in [0, 0.05) is 51.7 Å². The monoisotopic (exact) mass is 385 g/mol. The minimum absolute atomic E-state index is 0.0595. The number of imidazole rings is 1. The Kier molecular flexibility index (Phi) is 5.82. The van der Waals surface area contributed by atoms with Crippen LogP contribution in [0.2, 0.25) is 0 Å². The number of aromatic nitrogens is 2. The van der Waals surface area contributed by atoms with Gasteiger partial charge in [0.15, 0.2) is 0 Å². The number of carbonyl (C=O) groups excluding carboxylic acids is 1. The van der Waals surface area contributed by atoms with Gasteiger partial charge in [-0.25, -0.2) is 9.78 Å². The molecular weight excluding hydrogens is 354 g/mol. The molecule has 28 heavy (non-hydrogen) atoms. The number of para-hydroxylation sites is 2. The summed E-state index contributed by atoms with van der Waals surface area (Å²) in [6.45, 7) is 8.00. The maximum Gasteiger partial charge on any atom is 0.317 e. The molecule has 1 aromatic heterocycles. The van der Waals surface area contributed by atoms with Crippen molar-refractivity contribution in [3.63, 3.8) is 0 Å². The van der Waals surface area contributed by atoms with E-state index in [0.29, 0.717) is 5.92 Å². The average molecular weight is 386 g/mol. The van der Waals surface area contributed by atoms with Gasteiger partial charge < -0.3 is 19.5 Å². The number of ether oxygens (including phenoxy) is 1. The topological polar surface area (TPSA) is 62.6 Å². The minimum Gasteiger partial charge on any atom is -0.379 e. The molecular formula is C21H31N5O2. The van der Waals surface area contributed by atoms with Crippen molar-refractivity contribution in [2.45, 2.75) is 31.7 Å². The fourth-order valence-electron chi connectivity index (χ4n) is 4.39. The van der Waals surface area contributed by atoms with Gasteiger partial charge in [0.2, 0.25) is 0 Å². The second-order valence-corrected chi connectivity index (χ2v) is 8.04. The molecule has 0 radical (unpaired) electrons. The number of carbonyl (C=O) groups is 1. The van der Waals surface area contributed by atoms with Crippen molar-refractivity contribution in [3.8, 4) is 0 Å². The number of nitrogens with zero attached hydrogens (tertiary/aromatic N) is 4. The molecule has 0 bridgehead atoms. The Hall–Kier alpha value is -2.12. The predicted molar refractivity (Wildman–Crippen MR) is 110 cm³/mol. The van der Waals surface area contributed by atoms with E-state index in [2.05, 4.69) is 47.0 Å². The smallest absolute Gasteiger partial charge is 0.317 e. The molecule has 0 saturated carbocycles. The van der Waals surface area contributed by atoms with Crippen LogP contribution in [-0.4, -0.2) is 77.4 Å². The maximum atomic E-state index is 12.7. The number of hydrogen-bond acceptors (Lipinski definition) is 4. The summed E-state index contributed by atoms with van der Waals surface area (Å²) in [5, 5.41) is 3.17. The summed E-state index contributed by atoms with van der Waals surface area (Å²) in [4.78, 5) is 21.8. The number of amides is 2. The molecule has 2 aliphatic rings. The van der Waals surface area contributed by atoms with E-state index in [1.54, 1.807) is 0 Å². The molecule has 152 valence electrons. The third-order valence-corrected chi connectivity index (χ3v) is 5.97. The Balaban J connectivity index is 1.29. The molecule has 3 heterocycles. The summed E-state index contributed by atoms with van der Waals surface area (Å²) in [7, 11) is 2.09. The number of rotatable bonds is 4. The van der Waals surface area contributed by atoms with Crippen LogP contribution in [0.3, 0.4) is 0 Å². The molecule has 0 unspecified atom stereocenters. The number of nitrogens with one attached hydrogen (secondary N) is 1. The number of likely N-dealkylation sites (tertiary alicyclic amines) is 1. The molecule has 2 fully saturated rings. The highest BCUT2D eigenvalue weighted by Crippen LogP contribution is 2.29. The molecule has 7 nitrogen and oxygen atoms in total. The summed E-state index contributed by atoms with van der Waals surface area (Å²) in [6.07, 6.45) is 1.92. The largest absolute Gasteiger partial charge is 0.379 e. The quantitative estimate of drug-likeness (QED) is 0.876. The molecule has 0 spiro atoms. The van der Waals surface area contributed by atoms with Crippen molar-refractivity contribution in [2.24, 2.45) is 7.05 Å². The van der Waals surface area contributed by atoms with E-state index < -0.39 is 0 Å². The van der Waals surface area contributed by atoms with Gasteiger partial charge in [-0.1, -0.05) is 12.1 Å².